The van der Waals surface area contributed by atoms with Gasteiger partial charge in [0.15, 0.2) is 0 Å². The van der Waals surface area contributed by atoms with Gasteiger partial charge in [0, 0.05) is 7.05 Å². The highest BCUT2D eigenvalue weighted by atomic mass is 14.8. The van der Waals surface area contributed by atoms with Crippen molar-refractivity contribution in [3.63, 3.8) is 0 Å². The molecule has 2 nitrogen and oxygen atoms in total. The number of aliphatic imine (C=N–C) groups is 2. The van der Waals surface area contributed by atoms with Crippen LogP contribution in [-0.4, -0.2) is 24.5 Å². The summed E-state index contributed by atoms with van der Waals surface area (Å²) in [4.78, 5) is 8.91. The summed E-state index contributed by atoms with van der Waals surface area (Å²) in [6.45, 7) is 2.34. The summed E-state index contributed by atoms with van der Waals surface area (Å²) in [5, 5.41) is 0. The first-order valence-electron chi connectivity index (χ1n) is 6.18. The van der Waals surface area contributed by atoms with E-state index in [4.69, 9.17) is 4.99 Å². The largest absolute Gasteiger partial charge is 0.289 e. The van der Waals surface area contributed by atoms with Crippen molar-refractivity contribution in [1.82, 2.24) is 0 Å². The van der Waals surface area contributed by atoms with Crippen LogP contribution in [0.1, 0.15) is 32.6 Å². The summed E-state index contributed by atoms with van der Waals surface area (Å²) in [6, 6.07) is 0.542. The van der Waals surface area contributed by atoms with Crippen LogP contribution < -0.4 is 0 Å². The van der Waals surface area contributed by atoms with Crippen LogP contribution in [0, 0.1) is 5.92 Å². The van der Waals surface area contributed by atoms with Gasteiger partial charge in [0.1, 0.15) is 0 Å². The van der Waals surface area contributed by atoms with Crippen molar-refractivity contribution in [2.45, 2.75) is 38.6 Å². The molecule has 2 aliphatic rings. The maximum atomic E-state index is 4.79. The third kappa shape index (κ3) is 2.91. The Morgan fingerprint density at radius 1 is 0.938 bits per heavy atom. The molecule has 0 heterocycles. The summed E-state index contributed by atoms with van der Waals surface area (Å²) in [5.41, 5.74) is 2.13. The van der Waals surface area contributed by atoms with Crippen molar-refractivity contribution in [2.75, 3.05) is 7.05 Å². The Kier molecular flexibility index (Phi) is 3.70. The number of nitrogens with zero attached hydrogens (tertiary/aromatic N) is 2. The third-order valence-electron chi connectivity index (χ3n) is 3.42. The summed E-state index contributed by atoms with van der Waals surface area (Å²) in [5.74, 6) is 0.896. The zero-order chi connectivity index (χ0) is 11.4. The number of hydrogen-bond donors (Lipinski definition) is 0. The summed E-state index contributed by atoms with van der Waals surface area (Å²) in [6.07, 6.45) is 13.4. The van der Waals surface area contributed by atoms with E-state index in [1.54, 1.807) is 0 Å². The topological polar surface area (TPSA) is 24.7 Å². The van der Waals surface area contributed by atoms with Crippen LogP contribution in [0.25, 0.3) is 0 Å². The minimum Gasteiger partial charge on any atom is -0.289 e. The minimum atomic E-state index is 0.542. The van der Waals surface area contributed by atoms with E-state index < -0.39 is 0 Å². The van der Waals surface area contributed by atoms with Gasteiger partial charge in [0.2, 0.25) is 0 Å². The lowest BCUT2D eigenvalue weighted by atomic mass is 9.87. The predicted octanol–water partition coefficient (Wildman–Crippen LogP) is 3.20. The second-order valence-corrected chi connectivity index (χ2v) is 4.78. The normalized spacial score (nSPS) is 29.4. The molecule has 0 radical (unpaired) electrons. The first-order chi connectivity index (χ1) is 7.78. The molecular weight excluding hydrogens is 196 g/mol. The molecule has 0 amide bonds. The molecule has 1 saturated carbocycles. The van der Waals surface area contributed by atoms with Gasteiger partial charge in [-0.15, -0.1) is 0 Å². The molecule has 0 aromatic carbocycles. The van der Waals surface area contributed by atoms with Gasteiger partial charge in [0.25, 0.3) is 0 Å². The van der Waals surface area contributed by atoms with Crippen LogP contribution in [0.3, 0.4) is 0 Å². The Balaban J connectivity index is 1.96. The monoisotopic (exact) mass is 216 g/mol. The molecule has 0 bridgehead atoms. The lowest BCUT2D eigenvalue weighted by Crippen LogP contribution is -2.16. The lowest BCUT2D eigenvalue weighted by molar-refractivity contribution is 0.349. The molecular formula is C14H20N2. The van der Waals surface area contributed by atoms with Crippen LogP contribution in [0.2, 0.25) is 0 Å². The van der Waals surface area contributed by atoms with E-state index in [0.29, 0.717) is 6.04 Å². The molecule has 0 saturated heterocycles. The Hall–Kier alpha value is -1.18. The average Bonchev–Trinajstić information content (AvgIpc) is 2.33. The van der Waals surface area contributed by atoms with Gasteiger partial charge in [-0.25, -0.2) is 0 Å². The van der Waals surface area contributed by atoms with E-state index in [0.717, 1.165) is 17.3 Å². The van der Waals surface area contributed by atoms with Gasteiger partial charge in [-0.2, -0.15) is 0 Å². The zero-order valence-electron chi connectivity index (χ0n) is 10.2. The molecule has 0 aromatic rings. The SMILES string of the molecule is CN=C1C=CC(=NC2CCC(C)CC2)C=C1. The lowest BCUT2D eigenvalue weighted by Gasteiger charge is -2.23. The summed E-state index contributed by atoms with van der Waals surface area (Å²) < 4.78 is 0. The third-order valence-corrected chi connectivity index (χ3v) is 3.42. The number of hydrogen-bond acceptors (Lipinski definition) is 2. The smallest absolute Gasteiger partial charge is 0.0579 e. The Labute approximate surface area is 97.9 Å². The Morgan fingerprint density at radius 2 is 1.50 bits per heavy atom. The first-order valence-corrected chi connectivity index (χ1v) is 6.18. The molecule has 0 aromatic heterocycles. The molecule has 0 N–H and O–H groups in total. The molecule has 0 atom stereocenters. The van der Waals surface area contributed by atoms with Gasteiger partial charge < -0.3 is 0 Å². The van der Waals surface area contributed by atoms with Crippen molar-refractivity contribution in [3.05, 3.63) is 24.3 Å². The molecule has 0 unspecified atom stereocenters. The molecule has 2 aliphatic carbocycles. The minimum absolute atomic E-state index is 0.542. The average molecular weight is 216 g/mol. The second-order valence-electron chi connectivity index (χ2n) is 4.78. The van der Waals surface area contributed by atoms with Crippen LogP contribution in [0.15, 0.2) is 34.3 Å². The number of rotatable bonds is 1. The zero-order valence-corrected chi connectivity index (χ0v) is 10.2. The standard InChI is InChI=1S/C14H20N2/c1-11-3-5-13(6-4-11)16-14-9-7-12(15-2)8-10-14/h7-11,13H,3-6H2,1-2H3. The van der Waals surface area contributed by atoms with E-state index in [9.17, 15) is 0 Å². The van der Waals surface area contributed by atoms with Crippen LogP contribution in [0.5, 0.6) is 0 Å². The molecule has 0 aliphatic heterocycles. The van der Waals surface area contributed by atoms with Crippen molar-refractivity contribution in [2.24, 2.45) is 15.9 Å². The highest BCUT2D eigenvalue weighted by Gasteiger charge is 2.17. The highest BCUT2D eigenvalue weighted by Crippen LogP contribution is 2.25. The fourth-order valence-electron chi connectivity index (χ4n) is 2.27. The maximum absolute atomic E-state index is 4.79. The summed E-state index contributed by atoms with van der Waals surface area (Å²) >= 11 is 0. The van der Waals surface area contributed by atoms with Crippen molar-refractivity contribution in [1.29, 1.82) is 0 Å². The van der Waals surface area contributed by atoms with E-state index in [2.05, 4.69) is 24.1 Å². The van der Waals surface area contributed by atoms with Gasteiger partial charge in [-0.3, -0.25) is 9.98 Å². The van der Waals surface area contributed by atoms with E-state index in [-0.39, 0.29) is 0 Å². The van der Waals surface area contributed by atoms with Crippen LogP contribution in [0.4, 0.5) is 0 Å². The Bertz CT molecular complexity index is 335. The predicted molar refractivity (Wildman–Crippen MR) is 70.5 cm³/mol. The van der Waals surface area contributed by atoms with Gasteiger partial charge >= 0.3 is 0 Å². The van der Waals surface area contributed by atoms with Crippen LogP contribution in [-0.2, 0) is 0 Å². The van der Waals surface area contributed by atoms with E-state index in [1.807, 2.05) is 19.2 Å². The van der Waals surface area contributed by atoms with Gasteiger partial charge in [-0.05, 0) is 55.9 Å². The van der Waals surface area contributed by atoms with Crippen molar-refractivity contribution < 1.29 is 0 Å². The quantitative estimate of drug-likeness (QED) is 0.601. The molecule has 1 fully saturated rings. The van der Waals surface area contributed by atoms with E-state index >= 15 is 0 Å². The maximum Gasteiger partial charge on any atom is 0.0579 e. The van der Waals surface area contributed by atoms with Gasteiger partial charge in [-0.1, -0.05) is 6.92 Å². The van der Waals surface area contributed by atoms with Crippen molar-refractivity contribution >= 4 is 11.4 Å². The fraction of sp³-hybridized carbons (Fsp3) is 0.571. The molecule has 86 valence electrons. The van der Waals surface area contributed by atoms with Gasteiger partial charge in [0.05, 0.1) is 17.5 Å². The van der Waals surface area contributed by atoms with Crippen molar-refractivity contribution in [3.8, 4) is 0 Å². The molecule has 2 heteroatoms. The molecule has 0 spiro atoms. The summed E-state index contributed by atoms with van der Waals surface area (Å²) in [7, 11) is 1.81. The molecule has 16 heavy (non-hydrogen) atoms. The highest BCUT2D eigenvalue weighted by molar-refractivity contribution is 6.18. The molecule has 2 rings (SSSR count). The first kappa shape index (κ1) is 11.3. The van der Waals surface area contributed by atoms with E-state index in [1.165, 1.54) is 25.7 Å². The fourth-order valence-corrected chi connectivity index (χ4v) is 2.27. The van der Waals surface area contributed by atoms with Crippen LogP contribution >= 0.6 is 0 Å². The Morgan fingerprint density at radius 3 is 2.06 bits per heavy atom. The second kappa shape index (κ2) is 5.24. The number of allylic oxidation sites excluding steroid dienone is 4.